The summed E-state index contributed by atoms with van der Waals surface area (Å²) in [5.41, 5.74) is 1.21. The molecule has 10 heteroatoms. The Morgan fingerprint density at radius 3 is 2.00 bits per heavy atom. The third-order valence-electron chi connectivity index (χ3n) is 10.8. The summed E-state index contributed by atoms with van der Waals surface area (Å²) in [4.78, 5) is 36.8. The molecule has 3 heterocycles. The highest BCUT2D eigenvalue weighted by Crippen LogP contribution is 2.41. The van der Waals surface area contributed by atoms with Crippen molar-refractivity contribution >= 4 is 11.8 Å². The second-order valence-corrected chi connectivity index (χ2v) is 13.8. The largest absolute Gasteiger partial charge is 0.493 e. The van der Waals surface area contributed by atoms with Crippen molar-refractivity contribution in [1.82, 2.24) is 19.6 Å². The van der Waals surface area contributed by atoms with Crippen molar-refractivity contribution in [3.05, 3.63) is 53.6 Å². The maximum Gasteiger partial charge on any atom is 0.254 e. The van der Waals surface area contributed by atoms with Crippen LogP contribution >= 0.6 is 0 Å². The van der Waals surface area contributed by atoms with E-state index >= 15 is 0 Å². The summed E-state index contributed by atoms with van der Waals surface area (Å²) < 4.78 is 16.4. The number of methoxy groups -OCH3 is 3. The van der Waals surface area contributed by atoms with Crippen LogP contribution in [0.5, 0.6) is 17.2 Å². The maximum atomic E-state index is 14.3. The molecule has 3 saturated heterocycles. The number of aliphatic hydroxyl groups excluding tert-OH is 1. The molecule has 0 radical (unpaired) electrons. The Balaban J connectivity index is 1.17. The van der Waals surface area contributed by atoms with E-state index in [0.29, 0.717) is 35.9 Å². The van der Waals surface area contributed by atoms with Crippen molar-refractivity contribution in [2.24, 2.45) is 5.41 Å². The third kappa shape index (κ3) is 7.87. The molecule has 258 valence electrons. The van der Waals surface area contributed by atoms with Crippen molar-refractivity contribution in [3.8, 4) is 17.2 Å². The molecule has 0 aliphatic carbocycles. The average Bonchev–Trinajstić information content (AvgIpc) is 3.52. The van der Waals surface area contributed by atoms with E-state index in [1.54, 1.807) is 33.5 Å². The van der Waals surface area contributed by atoms with E-state index < -0.39 is 5.41 Å². The Morgan fingerprint density at radius 1 is 0.766 bits per heavy atom. The molecule has 0 unspecified atom stereocenters. The van der Waals surface area contributed by atoms with Gasteiger partial charge in [-0.1, -0.05) is 37.3 Å². The molecule has 1 atom stereocenters. The minimum absolute atomic E-state index is 0.0247. The lowest BCUT2D eigenvalue weighted by Crippen LogP contribution is -2.57. The van der Waals surface area contributed by atoms with Crippen molar-refractivity contribution in [3.63, 3.8) is 0 Å². The van der Waals surface area contributed by atoms with Crippen LogP contribution in [0.2, 0.25) is 0 Å². The van der Waals surface area contributed by atoms with Gasteiger partial charge in [0.05, 0.1) is 26.7 Å². The molecular formula is C37H54N4O6. The van der Waals surface area contributed by atoms with Gasteiger partial charge in [0, 0.05) is 51.4 Å². The fourth-order valence-corrected chi connectivity index (χ4v) is 7.68. The summed E-state index contributed by atoms with van der Waals surface area (Å²) in [7, 11) is 4.67. The van der Waals surface area contributed by atoms with Gasteiger partial charge in [-0.15, -0.1) is 0 Å². The van der Waals surface area contributed by atoms with Gasteiger partial charge in [-0.2, -0.15) is 0 Å². The summed E-state index contributed by atoms with van der Waals surface area (Å²) in [6, 6.07) is 13.9. The number of hydrogen-bond donors (Lipinski definition) is 1. The number of likely N-dealkylation sites (tertiary alicyclic amines) is 2. The molecule has 47 heavy (non-hydrogen) atoms. The van der Waals surface area contributed by atoms with Gasteiger partial charge in [0.2, 0.25) is 11.7 Å². The highest BCUT2D eigenvalue weighted by molar-refractivity contribution is 5.96. The quantitative estimate of drug-likeness (QED) is 0.327. The highest BCUT2D eigenvalue weighted by Gasteiger charge is 2.46. The normalized spacial score (nSPS) is 21.9. The first-order valence-electron chi connectivity index (χ1n) is 17.3. The zero-order chi connectivity index (χ0) is 33.4. The number of aliphatic hydroxyl groups is 1. The lowest BCUT2D eigenvalue weighted by atomic mass is 9.71. The SMILES string of the molecule is COc1cc(C(=O)N2CC[C@@](C)(CCN3CCC(C(=O)N4CCN(CCCCO)CC4)(c4ccccc4)CC3)C2)cc(OC)c1OC. The number of benzene rings is 2. The van der Waals surface area contributed by atoms with Gasteiger partial charge >= 0.3 is 0 Å². The molecule has 1 N–H and O–H groups in total. The molecule has 3 aliphatic rings. The molecular weight excluding hydrogens is 596 g/mol. The van der Waals surface area contributed by atoms with E-state index in [2.05, 4.69) is 45.9 Å². The van der Waals surface area contributed by atoms with Crippen LogP contribution in [0.1, 0.15) is 61.4 Å². The molecule has 0 spiro atoms. The molecule has 0 aromatic heterocycles. The number of amides is 2. The van der Waals surface area contributed by atoms with Crippen LogP contribution in [-0.2, 0) is 10.2 Å². The van der Waals surface area contributed by atoms with Crippen LogP contribution in [0.15, 0.2) is 42.5 Å². The number of nitrogens with zero attached hydrogens (tertiary/aromatic N) is 4. The Kier molecular flexibility index (Phi) is 11.7. The second-order valence-electron chi connectivity index (χ2n) is 13.8. The lowest BCUT2D eigenvalue weighted by Gasteiger charge is -2.46. The van der Waals surface area contributed by atoms with E-state index in [1.165, 1.54) is 0 Å². The van der Waals surface area contributed by atoms with Gasteiger partial charge < -0.3 is 34.0 Å². The average molecular weight is 651 g/mol. The van der Waals surface area contributed by atoms with Gasteiger partial charge in [0.15, 0.2) is 11.5 Å². The third-order valence-corrected chi connectivity index (χ3v) is 10.8. The number of ether oxygens (including phenoxy) is 3. The van der Waals surface area contributed by atoms with Crippen molar-refractivity contribution in [1.29, 1.82) is 0 Å². The number of unbranched alkanes of at least 4 members (excludes halogenated alkanes) is 1. The number of rotatable bonds is 13. The van der Waals surface area contributed by atoms with E-state index in [-0.39, 0.29) is 23.8 Å². The number of carbonyl (C=O) groups excluding carboxylic acids is 2. The van der Waals surface area contributed by atoms with Crippen LogP contribution < -0.4 is 14.2 Å². The van der Waals surface area contributed by atoms with Gasteiger partial charge in [0.1, 0.15) is 0 Å². The maximum absolute atomic E-state index is 14.3. The number of piperidine rings is 1. The minimum Gasteiger partial charge on any atom is -0.493 e. The molecule has 3 aliphatic heterocycles. The molecule has 2 amide bonds. The predicted molar refractivity (Wildman–Crippen MR) is 182 cm³/mol. The first-order valence-corrected chi connectivity index (χ1v) is 17.3. The fourth-order valence-electron chi connectivity index (χ4n) is 7.68. The van der Waals surface area contributed by atoms with Gasteiger partial charge in [-0.25, -0.2) is 0 Å². The standard InChI is InChI=1S/C37H54N4O6/c1-36(13-20-41(28-36)34(43)29-26-31(45-2)33(47-4)32(27-29)46-3)12-17-39-18-14-37(15-19-39,30-10-6-5-7-11-30)35(44)40-23-21-38(22-24-40)16-8-9-25-42/h5-7,10-11,26-27,42H,8-9,12-25,28H2,1-4H3/t36-/m1/s1. The molecule has 10 nitrogen and oxygen atoms in total. The Hall–Kier alpha value is -3.34. The lowest BCUT2D eigenvalue weighted by molar-refractivity contribution is -0.141. The van der Waals surface area contributed by atoms with E-state index in [9.17, 15) is 9.59 Å². The van der Waals surface area contributed by atoms with Crippen molar-refractivity contribution in [2.75, 3.05) is 93.4 Å². The van der Waals surface area contributed by atoms with Gasteiger partial charge in [0.25, 0.3) is 5.91 Å². The fraction of sp³-hybridized carbons (Fsp3) is 0.622. The number of piperazine rings is 1. The first kappa shape index (κ1) is 35.0. The van der Waals surface area contributed by atoms with E-state index in [0.717, 1.165) is 96.4 Å². The number of hydrogen-bond acceptors (Lipinski definition) is 8. The zero-order valence-corrected chi connectivity index (χ0v) is 28.8. The molecule has 0 bridgehead atoms. The Morgan fingerprint density at radius 2 is 1.40 bits per heavy atom. The Bertz CT molecular complexity index is 1310. The van der Waals surface area contributed by atoms with Crippen molar-refractivity contribution < 1.29 is 28.9 Å². The van der Waals surface area contributed by atoms with Crippen LogP contribution in [0, 0.1) is 5.41 Å². The smallest absolute Gasteiger partial charge is 0.254 e. The molecule has 3 fully saturated rings. The molecule has 2 aromatic carbocycles. The topological polar surface area (TPSA) is 95.0 Å². The first-order chi connectivity index (χ1) is 22.8. The Labute approximate surface area is 280 Å². The number of carbonyl (C=O) groups is 2. The molecule has 5 rings (SSSR count). The molecule has 0 saturated carbocycles. The minimum atomic E-state index is -0.488. The summed E-state index contributed by atoms with van der Waals surface area (Å²) in [6.45, 7) is 11.0. The second kappa shape index (κ2) is 15.7. The van der Waals surface area contributed by atoms with E-state index in [4.69, 9.17) is 19.3 Å². The summed E-state index contributed by atoms with van der Waals surface area (Å²) in [6.07, 6.45) is 5.40. The van der Waals surface area contributed by atoms with Crippen LogP contribution in [0.25, 0.3) is 0 Å². The summed E-state index contributed by atoms with van der Waals surface area (Å²) in [5, 5.41) is 9.13. The summed E-state index contributed by atoms with van der Waals surface area (Å²) >= 11 is 0. The van der Waals surface area contributed by atoms with Crippen LogP contribution in [-0.4, -0.2) is 130 Å². The monoisotopic (exact) mass is 650 g/mol. The zero-order valence-electron chi connectivity index (χ0n) is 28.8. The molecule has 2 aromatic rings. The van der Waals surface area contributed by atoms with Crippen molar-refractivity contribution in [2.45, 2.75) is 50.9 Å². The predicted octanol–water partition coefficient (Wildman–Crippen LogP) is 3.91. The van der Waals surface area contributed by atoms with Crippen LogP contribution in [0.3, 0.4) is 0 Å². The van der Waals surface area contributed by atoms with Gasteiger partial charge in [-0.05, 0) is 87.8 Å². The summed E-state index contributed by atoms with van der Waals surface area (Å²) in [5.74, 6) is 1.68. The highest BCUT2D eigenvalue weighted by atomic mass is 16.5. The van der Waals surface area contributed by atoms with Crippen LogP contribution in [0.4, 0.5) is 0 Å². The van der Waals surface area contributed by atoms with Gasteiger partial charge in [-0.3, -0.25) is 14.5 Å². The van der Waals surface area contributed by atoms with E-state index in [1.807, 2.05) is 11.0 Å².